The molecule has 0 amide bonds. The molecule has 0 N–H and O–H groups in total. The predicted octanol–water partition coefficient (Wildman–Crippen LogP) is 4.80. The van der Waals surface area contributed by atoms with Crippen LogP contribution in [0.4, 0.5) is 8.78 Å². The van der Waals surface area contributed by atoms with E-state index in [-0.39, 0.29) is 5.92 Å². The third kappa shape index (κ3) is 4.26. The summed E-state index contributed by atoms with van der Waals surface area (Å²) in [6.07, 6.45) is 3.92. The molecule has 0 aliphatic heterocycles. The maximum Gasteiger partial charge on any atom is 0.127 e. The van der Waals surface area contributed by atoms with Crippen molar-refractivity contribution in [3.8, 4) is 0 Å². The van der Waals surface area contributed by atoms with Crippen LogP contribution in [-0.4, -0.2) is 6.29 Å². The Labute approximate surface area is 119 Å². The minimum Gasteiger partial charge on any atom is -0.303 e. The third-order valence-electron chi connectivity index (χ3n) is 3.54. The Bertz CT molecular complexity index is 504. The van der Waals surface area contributed by atoms with E-state index in [1.165, 1.54) is 6.07 Å². The normalized spacial score (nSPS) is 15.3. The van der Waals surface area contributed by atoms with Crippen LogP contribution >= 0.6 is 0 Å². The lowest BCUT2D eigenvalue weighted by atomic mass is 9.73. The van der Waals surface area contributed by atoms with Crippen molar-refractivity contribution >= 4 is 6.29 Å². The number of rotatable bonds is 6. The molecular formula is C17H22F2O. The fraction of sp³-hybridized carbons (Fsp3) is 0.471. The standard InChI is InChI=1S/C17H22F2O/c1-12(2)7-8-17(4,10-13(3)11-20)15-9-14(18)5-6-16(15)19/h5-7,9,11,13H,8,10H2,1-4H3. The molecule has 20 heavy (non-hydrogen) atoms. The number of hydrogen-bond acceptors (Lipinski definition) is 1. The molecule has 2 unspecified atom stereocenters. The number of aldehydes is 1. The van der Waals surface area contributed by atoms with E-state index in [0.717, 1.165) is 24.0 Å². The lowest BCUT2D eigenvalue weighted by Crippen LogP contribution is -2.26. The van der Waals surface area contributed by atoms with Crippen LogP contribution < -0.4 is 0 Å². The molecule has 0 bridgehead atoms. The number of hydrogen-bond donors (Lipinski definition) is 0. The summed E-state index contributed by atoms with van der Waals surface area (Å²) < 4.78 is 27.5. The van der Waals surface area contributed by atoms with Crippen molar-refractivity contribution in [1.82, 2.24) is 0 Å². The molecule has 3 heteroatoms. The first kappa shape index (κ1) is 16.5. The van der Waals surface area contributed by atoms with Crippen molar-refractivity contribution in [2.75, 3.05) is 0 Å². The second kappa shape index (κ2) is 6.78. The van der Waals surface area contributed by atoms with Gasteiger partial charge >= 0.3 is 0 Å². The molecule has 0 saturated carbocycles. The van der Waals surface area contributed by atoms with Gasteiger partial charge in [0.15, 0.2) is 0 Å². The average molecular weight is 280 g/mol. The smallest absolute Gasteiger partial charge is 0.127 e. The van der Waals surface area contributed by atoms with Gasteiger partial charge in [-0.15, -0.1) is 0 Å². The molecule has 2 atom stereocenters. The largest absolute Gasteiger partial charge is 0.303 e. The van der Waals surface area contributed by atoms with E-state index in [4.69, 9.17) is 0 Å². The van der Waals surface area contributed by atoms with Crippen molar-refractivity contribution in [1.29, 1.82) is 0 Å². The minimum absolute atomic E-state index is 0.201. The van der Waals surface area contributed by atoms with E-state index >= 15 is 0 Å². The fourth-order valence-corrected chi connectivity index (χ4v) is 2.45. The first-order valence-corrected chi connectivity index (χ1v) is 6.82. The van der Waals surface area contributed by atoms with Crippen LogP contribution in [0.15, 0.2) is 29.8 Å². The zero-order valence-electron chi connectivity index (χ0n) is 12.5. The van der Waals surface area contributed by atoms with Gasteiger partial charge in [0.05, 0.1) is 0 Å². The number of benzene rings is 1. The van der Waals surface area contributed by atoms with Gasteiger partial charge in [-0.05, 0) is 55.9 Å². The summed E-state index contributed by atoms with van der Waals surface area (Å²) in [5.74, 6) is -1.08. The maximum absolute atomic E-state index is 14.1. The van der Waals surface area contributed by atoms with E-state index in [1.54, 1.807) is 6.92 Å². The lowest BCUT2D eigenvalue weighted by molar-refractivity contribution is -0.111. The van der Waals surface area contributed by atoms with E-state index in [1.807, 2.05) is 26.8 Å². The Morgan fingerprint density at radius 1 is 1.35 bits per heavy atom. The highest BCUT2D eigenvalue weighted by atomic mass is 19.1. The number of halogens is 2. The van der Waals surface area contributed by atoms with Gasteiger partial charge in [0, 0.05) is 5.92 Å². The summed E-state index contributed by atoms with van der Waals surface area (Å²) in [4.78, 5) is 10.9. The number of carbonyl (C=O) groups excluding carboxylic acids is 1. The number of allylic oxidation sites excluding steroid dienone is 2. The molecule has 0 aliphatic carbocycles. The Balaban J connectivity index is 3.24. The van der Waals surface area contributed by atoms with Crippen LogP contribution in [0.3, 0.4) is 0 Å². The highest BCUT2D eigenvalue weighted by Crippen LogP contribution is 2.36. The zero-order chi connectivity index (χ0) is 15.3. The highest BCUT2D eigenvalue weighted by molar-refractivity contribution is 5.53. The zero-order valence-corrected chi connectivity index (χ0v) is 12.5. The van der Waals surface area contributed by atoms with Gasteiger partial charge in [-0.1, -0.05) is 25.5 Å². The van der Waals surface area contributed by atoms with Crippen molar-refractivity contribution in [2.24, 2.45) is 5.92 Å². The van der Waals surface area contributed by atoms with E-state index < -0.39 is 17.0 Å². The SMILES string of the molecule is CC(C)=CCC(C)(CC(C)C=O)c1cc(F)ccc1F. The number of carbonyl (C=O) groups is 1. The van der Waals surface area contributed by atoms with Crippen LogP contribution in [0, 0.1) is 17.6 Å². The lowest BCUT2D eigenvalue weighted by Gasteiger charge is -2.31. The molecule has 0 radical (unpaired) electrons. The fourth-order valence-electron chi connectivity index (χ4n) is 2.45. The highest BCUT2D eigenvalue weighted by Gasteiger charge is 2.30. The summed E-state index contributed by atoms with van der Waals surface area (Å²) in [5.41, 5.74) is 0.861. The van der Waals surface area contributed by atoms with Gasteiger partial charge in [-0.2, -0.15) is 0 Å². The monoisotopic (exact) mass is 280 g/mol. The van der Waals surface area contributed by atoms with E-state index in [0.29, 0.717) is 18.4 Å². The van der Waals surface area contributed by atoms with Gasteiger partial charge in [-0.25, -0.2) is 8.78 Å². The molecule has 110 valence electrons. The molecule has 0 aromatic heterocycles. The maximum atomic E-state index is 14.1. The molecule has 1 aromatic carbocycles. The van der Waals surface area contributed by atoms with E-state index in [2.05, 4.69) is 0 Å². The van der Waals surface area contributed by atoms with Gasteiger partial charge in [0.25, 0.3) is 0 Å². The van der Waals surface area contributed by atoms with Crippen molar-refractivity contribution in [3.05, 3.63) is 47.0 Å². The van der Waals surface area contributed by atoms with Gasteiger partial charge in [0.1, 0.15) is 17.9 Å². The van der Waals surface area contributed by atoms with Crippen LogP contribution in [0.25, 0.3) is 0 Å². The van der Waals surface area contributed by atoms with Gasteiger partial charge < -0.3 is 4.79 Å². The first-order chi connectivity index (χ1) is 9.28. The topological polar surface area (TPSA) is 17.1 Å². The van der Waals surface area contributed by atoms with Gasteiger partial charge in [0.2, 0.25) is 0 Å². The molecular weight excluding hydrogens is 258 g/mol. The molecule has 1 aromatic rings. The van der Waals surface area contributed by atoms with Crippen LogP contribution in [0.1, 0.15) is 46.1 Å². The molecule has 0 aliphatic rings. The summed E-state index contributed by atoms with van der Waals surface area (Å²) in [6.45, 7) is 7.60. The van der Waals surface area contributed by atoms with Crippen molar-refractivity contribution in [3.63, 3.8) is 0 Å². The Kier molecular flexibility index (Phi) is 5.61. The van der Waals surface area contributed by atoms with Crippen molar-refractivity contribution in [2.45, 2.75) is 46.0 Å². The van der Waals surface area contributed by atoms with E-state index in [9.17, 15) is 13.6 Å². The van der Waals surface area contributed by atoms with Crippen LogP contribution in [-0.2, 0) is 10.2 Å². The minimum atomic E-state index is -0.593. The molecule has 0 fully saturated rings. The molecule has 0 heterocycles. The first-order valence-electron chi connectivity index (χ1n) is 6.82. The third-order valence-corrected chi connectivity index (χ3v) is 3.54. The second-order valence-corrected chi connectivity index (χ2v) is 5.99. The Hall–Kier alpha value is -1.51. The summed E-state index contributed by atoms with van der Waals surface area (Å²) in [7, 11) is 0. The Morgan fingerprint density at radius 2 is 2.00 bits per heavy atom. The average Bonchev–Trinajstić information content (AvgIpc) is 2.39. The second-order valence-electron chi connectivity index (χ2n) is 5.99. The van der Waals surface area contributed by atoms with Crippen molar-refractivity contribution < 1.29 is 13.6 Å². The van der Waals surface area contributed by atoms with Crippen LogP contribution in [0.2, 0.25) is 0 Å². The molecule has 0 saturated heterocycles. The predicted molar refractivity (Wildman–Crippen MR) is 77.6 cm³/mol. The quantitative estimate of drug-likeness (QED) is 0.540. The van der Waals surface area contributed by atoms with Crippen LogP contribution in [0.5, 0.6) is 0 Å². The summed E-state index contributed by atoms with van der Waals surface area (Å²) >= 11 is 0. The summed E-state index contributed by atoms with van der Waals surface area (Å²) in [6, 6.07) is 3.51. The van der Waals surface area contributed by atoms with Gasteiger partial charge in [-0.3, -0.25) is 0 Å². The molecule has 0 spiro atoms. The summed E-state index contributed by atoms with van der Waals surface area (Å²) in [5, 5.41) is 0. The molecule has 1 nitrogen and oxygen atoms in total. The molecule has 1 rings (SSSR count). The Morgan fingerprint density at radius 3 is 2.55 bits per heavy atom.